The number of aromatic nitrogens is 1. The van der Waals surface area contributed by atoms with Gasteiger partial charge in [-0.3, -0.25) is 4.65 Å². The van der Waals surface area contributed by atoms with E-state index in [1.165, 1.54) is 0 Å². The van der Waals surface area contributed by atoms with Crippen molar-refractivity contribution in [3.63, 3.8) is 0 Å². The summed E-state index contributed by atoms with van der Waals surface area (Å²) in [4.78, 5) is 7.92. The maximum atomic E-state index is 13.5. The Labute approximate surface area is 147 Å². The van der Waals surface area contributed by atoms with Gasteiger partial charge >= 0.3 is 0 Å². The fraction of sp³-hybridized carbons (Fsp3) is 0.421. The first-order chi connectivity index (χ1) is 11.9. The van der Waals surface area contributed by atoms with Crippen molar-refractivity contribution in [2.24, 2.45) is 10.9 Å². The Hall–Kier alpha value is -2.15. The Kier molecular flexibility index (Phi) is 4.69. The molecular formula is C19H25N3O3. The van der Waals surface area contributed by atoms with Crippen LogP contribution in [0.1, 0.15) is 25.8 Å². The minimum absolute atomic E-state index is 0.314. The summed E-state index contributed by atoms with van der Waals surface area (Å²) >= 11 is 0. The zero-order valence-corrected chi connectivity index (χ0v) is 15.4. The summed E-state index contributed by atoms with van der Waals surface area (Å²) in [5.74, 6) is 0.702. The van der Waals surface area contributed by atoms with Gasteiger partial charge in [0.1, 0.15) is 5.71 Å². The Balaban J connectivity index is 2.21. The summed E-state index contributed by atoms with van der Waals surface area (Å²) in [6.45, 7) is 4.14. The molecule has 6 heteroatoms. The number of hydrogen-bond donors (Lipinski definition) is 1. The standard InChI is InChI=1S/C19H25N3O3/c1-12(2)10-16-18(24-4)21-17(19(25-5)22(16,3)23)14-11-20-15-9-7-6-8-13(14)15/h6-9,11-12,19-20H,10H2,1-5H3. The zero-order valence-electron chi connectivity index (χ0n) is 15.4. The number of rotatable bonds is 5. The van der Waals surface area contributed by atoms with Crippen molar-refractivity contribution in [3.05, 3.63) is 52.8 Å². The SMILES string of the molecule is COC1=C(CC(C)C)[N+](C)([O-])C(OC)C(c2c[nH]c3ccccc23)=N1. The molecule has 0 spiro atoms. The largest absolute Gasteiger partial charge is 0.625 e. The van der Waals surface area contributed by atoms with E-state index in [0.717, 1.165) is 16.5 Å². The van der Waals surface area contributed by atoms with Crippen LogP contribution in [0, 0.1) is 11.1 Å². The number of ether oxygens (including phenoxy) is 2. The van der Waals surface area contributed by atoms with E-state index < -0.39 is 10.9 Å². The van der Waals surface area contributed by atoms with Crippen molar-refractivity contribution >= 4 is 16.6 Å². The fourth-order valence-corrected chi connectivity index (χ4v) is 3.40. The van der Waals surface area contributed by atoms with Crippen LogP contribution in [0.3, 0.4) is 0 Å². The average molecular weight is 343 g/mol. The zero-order chi connectivity index (χ0) is 18.2. The minimum Gasteiger partial charge on any atom is -0.625 e. The molecule has 0 bridgehead atoms. The number of hydrogen-bond acceptors (Lipinski definition) is 4. The van der Waals surface area contributed by atoms with E-state index in [-0.39, 0.29) is 0 Å². The lowest BCUT2D eigenvalue weighted by atomic mass is 10.0. The van der Waals surface area contributed by atoms with Gasteiger partial charge in [0.05, 0.1) is 14.2 Å². The molecule has 0 aliphatic carbocycles. The normalized spacial score (nSPS) is 24.1. The predicted molar refractivity (Wildman–Crippen MR) is 98.7 cm³/mol. The molecule has 6 nitrogen and oxygen atoms in total. The van der Waals surface area contributed by atoms with Crippen LogP contribution >= 0.6 is 0 Å². The van der Waals surface area contributed by atoms with Crippen molar-refractivity contribution < 1.29 is 14.1 Å². The van der Waals surface area contributed by atoms with E-state index >= 15 is 0 Å². The van der Waals surface area contributed by atoms with Crippen LogP contribution in [-0.4, -0.2) is 42.8 Å². The highest BCUT2D eigenvalue weighted by atomic mass is 16.6. The Morgan fingerprint density at radius 1 is 1.28 bits per heavy atom. The molecule has 134 valence electrons. The van der Waals surface area contributed by atoms with Crippen molar-refractivity contribution in [1.82, 2.24) is 4.98 Å². The quantitative estimate of drug-likeness (QED) is 0.664. The van der Waals surface area contributed by atoms with E-state index in [0.29, 0.717) is 29.6 Å². The molecule has 2 heterocycles. The number of nitrogens with zero attached hydrogens (tertiary/aromatic N) is 2. The first-order valence-corrected chi connectivity index (χ1v) is 8.43. The fourth-order valence-electron chi connectivity index (χ4n) is 3.40. The molecule has 0 saturated carbocycles. The van der Waals surface area contributed by atoms with Crippen LogP contribution in [0.25, 0.3) is 10.9 Å². The maximum absolute atomic E-state index is 13.5. The van der Waals surface area contributed by atoms with E-state index in [2.05, 4.69) is 23.8 Å². The van der Waals surface area contributed by atoms with Crippen LogP contribution < -0.4 is 0 Å². The second kappa shape index (κ2) is 6.63. The molecule has 3 rings (SSSR count). The van der Waals surface area contributed by atoms with Crippen molar-refractivity contribution in [2.45, 2.75) is 26.5 Å². The van der Waals surface area contributed by atoms with Crippen molar-refractivity contribution in [2.75, 3.05) is 21.3 Å². The van der Waals surface area contributed by atoms with Crippen LogP contribution in [0.4, 0.5) is 0 Å². The number of fused-ring (bicyclic) bond motifs is 1. The third-order valence-corrected chi connectivity index (χ3v) is 4.57. The molecule has 0 amide bonds. The summed E-state index contributed by atoms with van der Waals surface area (Å²) in [5.41, 5.74) is 3.04. The van der Waals surface area contributed by atoms with Crippen molar-refractivity contribution in [1.29, 1.82) is 0 Å². The van der Waals surface area contributed by atoms with Crippen molar-refractivity contribution in [3.8, 4) is 0 Å². The molecule has 1 aliphatic heterocycles. The average Bonchev–Trinajstić information content (AvgIpc) is 2.99. The first-order valence-electron chi connectivity index (χ1n) is 8.43. The van der Waals surface area contributed by atoms with Gasteiger partial charge in [-0.05, 0) is 12.0 Å². The molecule has 0 fully saturated rings. The van der Waals surface area contributed by atoms with Gasteiger partial charge in [-0.15, -0.1) is 0 Å². The van der Waals surface area contributed by atoms with E-state index in [4.69, 9.17) is 9.47 Å². The third kappa shape index (κ3) is 2.97. The predicted octanol–water partition coefficient (Wildman–Crippen LogP) is 3.75. The molecule has 0 saturated heterocycles. The summed E-state index contributed by atoms with van der Waals surface area (Å²) in [6, 6.07) is 7.93. The summed E-state index contributed by atoms with van der Waals surface area (Å²) in [5, 5.41) is 14.6. The Morgan fingerprint density at radius 3 is 2.64 bits per heavy atom. The number of quaternary nitrogens is 1. The van der Waals surface area contributed by atoms with Gasteiger partial charge in [-0.25, -0.2) is 4.99 Å². The Morgan fingerprint density at radius 2 is 2.00 bits per heavy atom. The topological polar surface area (TPSA) is 69.7 Å². The molecule has 0 radical (unpaired) electrons. The number of hydroxylamine groups is 3. The van der Waals surface area contributed by atoms with Gasteiger partial charge in [0.25, 0.3) is 5.88 Å². The number of methoxy groups -OCH3 is 2. The van der Waals surface area contributed by atoms with Crippen LogP contribution in [0.5, 0.6) is 0 Å². The number of allylic oxidation sites excluding steroid dienone is 1. The molecule has 1 aromatic heterocycles. The van der Waals surface area contributed by atoms with Gasteiger partial charge < -0.3 is 19.7 Å². The smallest absolute Gasteiger partial charge is 0.272 e. The number of H-pyrrole nitrogens is 1. The number of likely N-dealkylation sites (N-methyl/N-ethyl adjacent to an activating group) is 1. The summed E-state index contributed by atoms with van der Waals surface area (Å²) < 4.78 is 10.4. The number of benzene rings is 1. The van der Waals surface area contributed by atoms with E-state index in [9.17, 15) is 5.21 Å². The van der Waals surface area contributed by atoms with Crippen LogP contribution in [-0.2, 0) is 9.47 Å². The number of para-hydroxylation sites is 1. The summed E-state index contributed by atoms with van der Waals surface area (Å²) in [7, 11) is 4.71. The molecular weight excluding hydrogens is 318 g/mol. The van der Waals surface area contributed by atoms with Crippen LogP contribution in [0.2, 0.25) is 0 Å². The first kappa shape index (κ1) is 17.7. The Bertz CT molecular complexity index is 833. The second-order valence-electron chi connectivity index (χ2n) is 6.88. The lowest BCUT2D eigenvalue weighted by Gasteiger charge is -2.47. The summed E-state index contributed by atoms with van der Waals surface area (Å²) in [6.07, 6.45) is 1.73. The highest BCUT2D eigenvalue weighted by Crippen LogP contribution is 2.35. The van der Waals surface area contributed by atoms with Gasteiger partial charge in [0.15, 0.2) is 5.70 Å². The number of nitrogens with one attached hydrogen (secondary N) is 1. The molecule has 2 aromatic rings. The molecule has 2 unspecified atom stereocenters. The molecule has 1 N–H and O–H groups in total. The molecule has 2 atom stereocenters. The molecule has 1 aliphatic rings. The lowest BCUT2D eigenvalue weighted by Crippen LogP contribution is -2.54. The van der Waals surface area contributed by atoms with Gasteiger partial charge in [0, 0.05) is 36.2 Å². The van der Waals surface area contributed by atoms with Gasteiger partial charge in [0.2, 0.25) is 6.23 Å². The van der Waals surface area contributed by atoms with E-state index in [1.54, 1.807) is 21.3 Å². The molecule has 25 heavy (non-hydrogen) atoms. The highest BCUT2D eigenvalue weighted by molar-refractivity contribution is 6.12. The number of aliphatic imine (C=N–C) groups is 1. The lowest BCUT2D eigenvalue weighted by molar-refractivity contribution is -0.864. The third-order valence-electron chi connectivity index (χ3n) is 4.57. The number of aromatic amines is 1. The second-order valence-corrected chi connectivity index (χ2v) is 6.88. The maximum Gasteiger partial charge on any atom is 0.272 e. The molecule has 1 aromatic carbocycles. The monoisotopic (exact) mass is 343 g/mol. The van der Waals surface area contributed by atoms with Gasteiger partial charge in [-0.2, -0.15) is 0 Å². The minimum atomic E-state index is -0.744. The van der Waals surface area contributed by atoms with Gasteiger partial charge in [-0.1, -0.05) is 32.0 Å². The van der Waals surface area contributed by atoms with E-state index in [1.807, 2.05) is 30.5 Å². The van der Waals surface area contributed by atoms with Crippen LogP contribution in [0.15, 0.2) is 47.0 Å². The highest BCUT2D eigenvalue weighted by Gasteiger charge is 2.42.